The second-order valence-electron chi connectivity index (χ2n) is 5.30. The number of sulfonamides is 1. The van der Waals surface area contributed by atoms with E-state index in [0.29, 0.717) is 23.4 Å². The molecule has 112 valence electrons. The maximum Gasteiger partial charge on any atom is 0.241 e. The Morgan fingerprint density at radius 3 is 2.70 bits per heavy atom. The Balaban J connectivity index is 2.24. The average Bonchev–Trinajstić information content (AvgIpc) is 2.58. The van der Waals surface area contributed by atoms with Crippen molar-refractivity contribution in [3.05, 3.63) is 28.8 Å². The SMILES string of the molecule is Cc1c(Cl)cccc1S(=O)(=O)NC1CCCCCC1O. The van der Waals surface area contributed by atoms with E-state index in [4.69, 9.17) is 11.6 Å². The van der Waals surface area contributed by atoms with Gasteiger partial charge in [0.2, 0.25) is 10.0 Å². The minimum absolute atomic E-state index is 0.182. The summed E-state index contributed by atoms with van der Waals surface area (Å²) in [6, 6.07) is 4.40. The van der Waals surface area contributed by atoms with E-state index in [2.05, 4.69) is 4.72 Å². The first-order valence-corrected chi connectivity index (χ1v) is 8.73. The van der Waals surface area contributed by atoms with E-state index in [1.165, 1.54) is 6.07 Å². The van der Waals surface area contributed by atoms with Crippen LogP contribution in [0.25, 0.3) is 0 Å². The van der Waals surface area contributed by atoms with E-state index >= 15 is 0 Å². The monoisotopic (exact) mass is 317 g/mol. The van der Waals surface area contributed by atoms with E-state index < -0.39 is 22.2 Å². The van der Waals surface area contributed by atoms with Crippen molar-refractivity contribution in [1.29, 1.82) is 0 Å². The summed E-state index contributed by atoms with van der Waals surface area (Å²) < 4.78 is 27.5. The largest absolute Gasteiger partial charge is 0.391 e. The van der Waals surface area contributed by atoms with Gasteiger partial charge in [-0.05, 0) is 37.5 Å². The topological polar surface area (TPSA) is 66.4 Å². The maximum absolute atomic E-state index is 12.5. The molecule has 0 heterocycles. The lowest BCUT2D eigenvalue weighted by atomic mass is 10.1. The van der Waals surface area contributed by atoms with Crippen LogP contribution in [-0.2, 0) is 10.0 Å². The molecule has 0 amide bonds. The van der Waals surface area contributed by atoms with Crippen molar-refractivity contribution in [3.8, 4) is 0 Å². The molecule has 0 spiro atoms. The summed E-state index contributed by atoms with van der Waals surface area (Å²) >= 11 is 5.98. The number of aliphatic hydroxyl groups excluding tert-OH is 1. The van der Waals surface area contributed by atoms with Gasteiger partial charge in [-0.3, -0.25) is 0 Å². The zero-order chi connectivity index (χ0) is 14.8. The van der Waals surface area contributed by atoms with Crippen LogP contribution in [0.5, 0.6) is 0 Å². The third-order valence-corrected chi connectivity index (χ3v) is 5.84. The Hall–Kier alpha value is -0.620. The molecular weight excluding hydrogens is 298 g/mol. The molecule has 1 aromatic carbocycles. The van der Waals surface area contributed by atoms with Crippen molar-refractivity contribution < 1.29 is 13.5 Å². The molecule has 20 heavy (non-hydrogen) atoms. The lowest BCUT2D eigenvalue weighted by Gasteiger charge is -2.22. The standard InChI is InChI=1S/C14H20ClNO3S/c1-10-11(15)6-5-9-14(10)20(18,19)16-12-7-3-2-4-8-13(12)17/h5-6,9,12-13,16-17H,2-4,7-8H2,1H3. The van der Waals surface area contributed by atoms with Gasteiger partial charge >= 0.3 is 0 Å². The number of aliphatic hydroxyl groups is 1. The number of nitrogens with one attached hydrogen (secondary N) is 1. The predicted molar refractivity (Wildman–Crippen MR) is 79.4 cm³/mol. The van der Waals surface area contributed by atoms with Gasteiger partial charge in [0, 0.05) is 11.1 Å². The highest BCUT2D eigenvalue weighted by molar-refractivity contribution is 7.89. The van der Waals surface area contributed by atoms with Crippen molar-refractivity contribution in [2.24, 2.45) is 0 Å². The van der Waals surface area contributed by atoms with Gasteiger partial charge in [0.15, 0.2) is 0 Å². The maximum atomic E-state index is 12.5. The number of halogens is 1. The Morgan fingerprint density at radius 1 is 1.25 bits per heavy atom. The highest BCUT2D eigenvalue weighted by atomic mass is 35.5. The minimum Gasteiger partial charge on any atom is -0.391 e. The molecule has 6 heteroatoms. The van der Waals surface area contributed by atoms with Gasteiger partial charge in [0.05, 0.1) is 11.0 Å². The van der Waals surface area contributed by atoms with Gasteiger partial charge in [-0.2, -0.15) is 0 Å². The van der Waals surface area contributed by atoms with Gasteiger partial charge in [-0.25, -0.2) is 13.1 Å². The number of rotatable bonds is 3. The van der Waals surface area contributed by atoms with Gasteiger partial charge in [-0.1, -0.05) is 36.9 Å². The predicted octanol–water partition coefficient (Wildman–Crippen LogP) is 2.62. The van der Waals surface area contributed by atoms with Gasteiger partial charge in [0.1, 0.15) is 0 Å². The molecule has 0 radical (unpaired) electrons. The van der Waals surface area contributed by atoms with E-state index in [1.807, 2.05) is 0 Å². The average molecular weight is 318 g/mol. The van der Waals surface area contributed by atoms with Crippen LogP contribution in [0.15, 0.2) is 23.1 Å². The molecule has 4 nitrogen and oxygen atoms in total. The van der Waals surface area contributed by atoms with E-state index in [1.54, 1.807) is 19.1 Å². The first-order chi connectivity index (χ1) is 9.42. The zero-order valence-electron chi connectivity index (χ0n) is 11.5. The van der Waals surface area contributed by atoms with Crippen LogP contribution in [0.1, 0.15) is 37.7 Å². The van der Waals surface area contributed by atoms with Crippen LogP contribution >= 0.6 is 11.6 Å². The molecule has 1 fully saturated rings. The Bertz CT molecular complexity index is 574. The first kappa shape index (κ1) is 15.8. The molecule has 1 aliphatic carbocycles. The lowest BCUT2D eigenvalue weighted by molar-refractivity contribution is 0.130. The summed E-state index contributed by atoms with van der Waals surface area (Å²) in [7, 11) is -3.66. The molecule has 1 saturated carbocycles. The van der Waals surface area contributed by atoms with Crippen LogP contribution < -0.4 is 4.72 Å². The van der Waals surface area contributed by atoms with E-state index in [-0.39, 0.29) is 4.90 Å². The molecule has 0 bridgehead atoms. The fraction of sp³-hybridized carbons (Fsp3) is 0.571. The fourth-order valence-electron chi connectivity index (χ4n) is 2.57. The summed E-state index contributed by atoms with van der Waals surface area (Å²) in [4.78, 5) is 0.182. The van der Waals surface area contributed by atoms with Crippen molar-refractivity contribution in [3.63, 3.8) is 0 Å². The summed E-state index contributed by atoms with van der Waals surface area (Å²) in [6.45, 7) is 1.68. The number of hydrogen-bond acceptors (Lipinski definition) is 3. The van der Waals surface area contributed by atoms with Crippen LogP contribution in [0, 0.1) is 6.92 Å². The van der Waals surface area contributed by atoms with E-state index in [0.717, 1.165) is 19.3 Å². The second kappa shape index (κ2) is 6.43. The van der Waals surface area contributed by atoms with Gasteiger partial charge < -0.3 is 5.11 Å². The van der Waals surface area contributed by atoms with E-state index in [9.17, 15) is 13.5 Å². The molecule has 2 N–H and O–H groups in total. The molecule has 1 aromatic rings. The fourth-order valence-corrected chi connectivity index (χ4v) is 4.37. The molecule has 0 saturated heterocycles. The van der Waals surface area contributed by atoms with Crippen molar-refractivity contribution in [2.45, 2.75) is 56.1 Å². The minimum atomic E-state index is -3.66. The van der Waals surface area contributed by atoms with Crippen LogP contribution in [0.3, 0.4) is 0 Å². The third kappa shape index (κ3) is 3.52. The zero-order valence-corrected chi connectivity index (χ0v) is 13.0. The van der Waals surface area contributed by atoms with Crippen molar-refractivity contribution >= 4 is 21.6 Å². The van der Waals surface area contributed by atoms with Gasteiger partial charge in [0.25, 0.3) is 0 Å². The summed E-state index contributed by atoms with van der Waals surface area (Å²) in [5.74, 6) is 0. The first-order valence-electron chi connectivity index (χ1n) is 6.87. The second-order valence-corrected chi connectivity index (χ2v) is 7.39. The Kier molecular flexibility index (Phi) is 5.07. The molecule has 2 atom stereocenters. The highest BCUT2D eigenvalue weighted by Crippen LogP contribution is 2.25. The van der Waals surface area contributed by atoms with Gasteiger partial charge in [-0.15, -0.1) is 0 Å². The summed E-state index contributed by atoms with van der Waals surface area (Å²) in [5, 5.41) is 10.5. The van der Waals surface area contributed by atoms with Crippen molar-refractivity contribution in [2.75, 3.05) is 0 Å². The molecular formula is C14H20ClNO3S. The molecule has 1 aliphatic rings. The Labute approximate surface area is 125 Å². The smallest absolute Gasteiger partial charge is 0.241 e. The quantitative estimate of drug-likeness (QED) is 0.842. The highest BCUT2D eigenvalue weighted by Gasteiger charge is 2.28. The molecule has 0 aliphatic heterocycles. The molecule has 2 rings (SSSR count). The summed E-state index contributed by atoms with van der Waals surface area (Å²) in [5.41, 5.74) is 0.532. The molecule has 0 aromatic heterocycles. The summed E-state index contributed by atoms with van der Waals surface area (Å²) in [6.07, 6.45) is 3.59. The van der Waals surface area contributed by atoms with Crippen LogP contribution in [-0.4, -0.2) is 25.7 Å². The Morgan fingerprint density at radius 2 is 1.95 bits per heavy atom. The van der Waals surface area contributed by atoms with Crippen LogP contribution in [0.2, 0.25) is 5.02 Å². The third-order valence-electron chi connectivity index (χ3n) is 3.79. The lowest BCUT2D eigenvalue weighted by Crippen LogP contribution is -2.42. The van der Waals surface area contributed by atoms with Crippen molar-refractivity contribution in [1.82, 2.24) is 4.72 Å². The molecule has 2 unspecified atom stereocenters. The number of hydrogen-bond donors (Lipinski definition) is 2. The normalized spacial score (nSPS) is 24.4. The number of benzene rings is 1. The van der Waals surface area contributed by atoms with Crippen LogP contribution in [0.4, 0.5) is 0 Å².